The Labute approximate surface area is 158 Å². The highest BCUT2D eigenvalue weighted by Gasteiger charge is 2.20. The minimum absolute atomic E-state index is 0.712. The molecule has 8 heteroatoms. The Hall–Kier alpha value is -2.05. The van der Waals surface area contributed by atoms with Crippen molar-refractivity contribution >= 4 is 30.5 Å². The van der Waals surface area contributed by atoms with E-state index < -0.39 is 7.25 Å². The van der Waals surface area contributed by atoms with Crippen LogP contribution in [0, 0.1) is 6.92 Å². The molecule has 0 unspecified atom stereocenters. The summed E-state index contributed by atoms with van der Waals surface area (Å²) in [6, 6.07) is 19.4. The first kappa shape index (κ1) is 20.3. The van der Waals surface area contributed by atoms with Gasteiger partial charge in [-0.15, -0.1) is 0 Å². The van der Waals surface area contributed by atoms with Crippen LogP contribution in [0.1, 0.15) is 5.76 Å². The summed E-state index contributed by atoms with van der Waals surface area (Å²) < 4.78 is 44.8. The molecule has 136 valence electrons. The molecule has 1 heterocycles. The largest absolute Gasteiger partial charge is 0.673 e. The van der Waals surface area contributed by atoms with Crippen LogP contribution in [-0.2, 0) is 0 Å². The summed E-state index contributed by atoms with van der Waals surface area (Å²) in [7, 11) is -6.00. The van der Waals surface area contributed by atoms with E-state index in [0.29, 0.717) is 5.02 Å². The summed E-state index contributed by atoms with van der Waals surface area (Å²) in [6.07, 6.45) is 0. The Morgan fingerprint density at radius 2 is 1.12 bits per heavy atom. The predicted octanol–water partition coefficient (Wildman–Crippen LogP) is 7.81. The van der Waals surface area contributed by atoms with E-state index in [4.69, 9.17) is 27.6 Å². The van der Waals surface area contributed by atoms with E-state index in [1.54, 1.807) is 0 Å². The highest BCUT2D eigenvalue weighted by atomic mass is 35.5. The number of aryl methyl sites for hydroxylation is 1. The third-order valence-electron chi connectivity index (χ3n) is 3.22. The van der Waals surface area contributed by atoms with Crippen LogP contribution in [0.15, 0.2) is 65.1 Å². The predicted molar refractivity (Wildman–Crippen MR) is 98.9 cm³/mol. The van der Waals surface area contributed by atoms with Crippen molar-refractivity contribution in [2.45, 2.75) is 6.92 Å². The van der Waals surface area contributed by atoms with Crippen molar-refractivity contribution in [3.8, 4) is 22.5 Å². The van der Waals surface area contributed by atoms with Crippen LogP contribution in [0.4, 0.5) is 17.3 Å². The lowest BCUT2D eigenvalue weighted by atomic mass is 10.0. The molecular weight excluding hydrogens is 390 g/mol. The summed E-state index contributed by atoms with van der Waals surface area (Å²) in [6.45, 7) is 1.94. The smallest absolute Gasteiger partial charge is 0.418 e. The van der Waals surface area contributed by atoms with E-state index in [1.165, 1.54) is 0 Å². The van der Waals surface area contributed by atoms with Gasteiger partial charge in [-0.05, 0) is 42.0 Å². The van der Waals surface area contributed by atoms with Crippen molar-refractivity contribution in [1.29, 1.82) is 0 Å². The number of rotatable bonds is 2. The van der Waals surface area contributed by atoms with Crippen LogP contribution >= 0.6 is 23.2 Å². The molecule has 0 aliphatic heterocycles. The van der Waals surface area contributed by atoms with Crippen molar-refractivity contribution in [2.75, 3.05) is 0 Å². The molecule has 2 aromatic carbocycles. The summed E-state index contributed by atoms with van der Waals surface area (Å²) in [5.41, 5.74) is 3.20. The first-order valence-electron chi connectivity index (χ1n) is 7.46. The van der Waals surface area contributed by atoms with Crippen LogP contribution < -0.4 is 0 Å². The molecule has 0 saturated carbocycles. The Morgan fingerprint density at radius 3 is 1.58 bits per heavy atom. The van der Waals surface area contributed by atoms with E-state index in [1.807, 2.05) is 67.6 Å². The van der Waals surface area contributed by atoms with Gasteiger partial charge in [0, 0.05) is 21.7 Å². The van der Waals surface area contributed by atoms with Gasteiger partial charge >= 0.3 is 18.8 Å². The van der Waals surface area contributed by atoms with Crippen LogP contribution in [0.2, 0.25) is 10.0 Å². The van der Waals surface area contributed by atoms with Crippen molar-refractivity contribution in [3.05, 3.63) is 76.5 Å². The number of hydrogen-bond acceptors (Lipinski definition) is 0. The van der Waals surface area contributed by atoms with Gasteiger partial charge in [-0.2, -0.15) is 0 Å². The SMILES string of the molecule is Cc1cc(-c2ccc(Cl)cc2)cc(-c2ccc(Cl)cc2)[o+]1.F[B-](F)(F)F. The Kier molecular flexibility index (Phi) is 6.67. The average molecular weight is 403 g/mol. The second kappa shape index (κ2) is 8.56. The lowest BCUT2D eigenvalue weighted by Crippen LogP contribution is -2.02. The van der Waals surface area contributed by atoms with E-state index in [9.17, 15) is 17.3 Å². The number of hydrogen-bond donors (Lipinski definition) is 0. The maximum atomic E-state index is 9.75. The van der Waals surface area contributed by atoms with Gasteiger partial charge in [0.1, 0.15) is 0 Å². The zero-order valence-corrected chi connectivity index (χ0v) is 15.0. The van der Waals surface area contributed by atoms with Crippen molar-refractivity contribution in [3.63, 3.8) is 0 Å². The minimum atomic E-state index is -6.00. The molecule has 0 amide bonds. The normalized spacial score (nSPS) is 10.9. The molecule has 3 rings (SSSR count). The molecule has 1 nitrogen and oxygen atoms in total. The van der Waals surface area contributed by atoms with Crippen LogP contribution in [-0.4, -0.2) is 7.25 Å². The second-order valence-electron chi connectivity index (χ2n) is 5.33. The molecule has 0 bridgehead atoms. The molecule has 0 atom stereocenters. The van der Waals surface area contributed by atoms with Gasteiger partial charge in [-0.3, -0.25) is 0 Å². The van der Waals surface area contributed by atoms with Crippen molar-refractivity contribution in [2.24, 2.45) is 0 Å². The lowest BCUT2D eigenvalue weighted by Gasteiger charge is -2.01. The topological polar surface area (TPSA) is 11.3 Å². The van der Waals surface area contributed by atoms with Gasteiger partial charge in [0.05, 0.1) is 18.6 Å². The molecule has 26 heavy (non-hydrogen) atoms. The van der Waals surface area contributed by atoms with Gasteiger partial charge in [0.15, 0.2) is 0 Å². The Balaban J connectivity index is 0.000000431. The molecule has 0 aliphatic rings. The van der Waals surface area contributed by atoms with Crippen LogP contribution in [0.3, 0.4) is 0 Å². The minimum Gasteiger partial charge on any atom is -0.418 e. The van der Waals surface area contributed by atoms with Gasteiger partial charge < -0.3 is 17.3 Å². The van der Waals surface area contributed by atoms with Gasteiger partial charge in [0.25, 0.3) is 0 Å². The highest BCUT2D eigenvalue weighted by molar-refractivity contribution is 6.50. The van der Waals surface area contributed by atoms with Crippen molar-refractivity contribution < 1.29 is 21.7 Å². The van der Waals surface area contributed by atoms with Crippen molar-refractivity contribution in [1.82, 2.24) is 0 Å². The highest BCUT2D eigenvalue weighted by Crippen LogP contribution is 2.29. The Bertz CT molecular complexity index is 796. The number of halogens is 6. The summed E-state index contributed by atoms with van der Waals surface area (Å²) in [5, 5.41) is 1.44. The molecule has 3 aromatic rings. The standard InChI is InChI=1S/C18H13Cl2O.BF4/c1-12-10-15(13-2-6-16(19)7-3-13)11-18(21-12)14-4-8-17(20)9-5-14;2-1(3,4)5/h2-11H,1H3;/q+1;-1. The molecule has 0 fully saturated rings. The molecule has 0 aliphatic carbocycles. The quantitative estimate of drug-likeness (QED) is 0.241. The molecule has 0 saturated heterocycles. The monoisotopic (exact) mass is 402 g/mol. The summed E-state index contributed by atoms with van der Waals surface area (Å²) in [5.74, 6) is 1.67. The van der Waals surface area contributed by atoms with E-state index >= 15 is 0 Å². The first-order chi connectivity index (χ1) is 12.1. The molecule has 0 N–H and O–H groups in total. The van der Waals surface area contributed by atoms with Gasteiger partial charge in [-0.1, -0.05) is 35.3 Å². The van der Waals surface area contributed by atoms with E-state index in [0.717, 1.165) is 33.2 Å². The number of benzene rings is 2. The van der Waals surface area contributed by atoms with Crippen LogP contribution in [0.5, 0.6) is 0 Å². The maximum Gasteiger partial charge on any atom is 0.673 e. The zero-order valence-electron chi connectivity index (χ0n) is 13.5. The molecule has 0 radical (unpaired) electrons. The fraction of sp³-hybridized carbons (Fsp3) is 0.0556. The average Bonchev–Trinajstić information content (AvgIpc) is 2.54. The Morgan fingerprint density at radius 1 is 0.692 bits per heavy atom. The fourth-order valence-corrected chi connectivity index (χ4v) is 2.45. The zero-order chi connectivity index (χ0) is 19.3. The van der Waals surface area contributed by atoms with E-state index in [2.05, 4.69) is 0 Å². The molecule has 1 aromatic heterocycles. The summed E-state index contributed by atoms with van der Waals surface area (Å²) in [4.78, 5) is 0. The molecule has 0 spiro atoms. The first-order valence-corrected chi connectivity index (χ1v) is 8.21. The lowest BCUT2D eigenvalue weighted by molar-refractivity contribution is 0.368. The third kappa shape index (κ3) is 6.69. The summed E-state index contributed by atoms with van der Waals surface area (Å²) >= 11 is 11.9. The molecular formula is C18H13BCl2F4O. The van der Waals surface area contributed by atoms with Crippen LogP contribution in [0.25, 0.3) is 22.5 Å². The van der Waals surface area contributed by atoms with Gasteiger partial charge in [0.2, 0.25) is 0 Å². The van der Waals surface area contributed by atoms with E-state index in [-0.39, 0.29) is 0 Å². The van der Waals surface area contributed by atoms with Gasteiger partial charge in [-0.25, -0.2) is 4.42 Å². The second-order valence-corrected chi connectivity index (χ2v) is 6.20. The maximum absolute atomic E-state index is 9.75. The third-order valence-corrected chi connectivity index (χ3v) is 3.73. The fourth-order valence-electron chi connectivity index (χ4n) is 2.20.